The quantitative estimate of drug-likeness (QED) is 0.641. The highest BCUT2D eigenvalue weighted by Crippen LogP contribution is 2.14. The normalized spacial score (nSPS) is 11.8. The van der Waals surface area contributed by atoms with Gasteiger partial charge in [0.15, 0.2) is 5.78 Å². The van der Waals surface area contributed by atoms with Gasteiger partial charge in [-0.3, -0.25) is 9.59 Å². The second kappa shape index (κ2) is 9.70. The van der Waals surface area contributed by atoms with E-state index in [1.165, 1.54) is 0 Å². The van der Waals surface area contributed by atoms with Crippen LogP contribution in [0.15, 0.2) is 24.3 Å². The van der Waals surface area contributed by atoms with Gasteiger partial charge >= 0.3 is 5.97 Å². The average molecular weight is 335 g/mol. The van der Waals surface area contributed by atoms with Crippen LogP contribution in [0.4, 0.5) is 0 Å². The summed E-state index contributed by atoms with van der Waals surface area (Å²) in [5, 5.41) is 11.6. The molecule has 0 aliphatic heterocycles. The van der Waals surface area contributed by atoms with E-state index in [0.717, 1.165) is 0 Å². The number of carbonyl (C=O) groups excluding carboxylic acids is 2. The van der Waals surface area contributed by atoms with Gasteiger partial charge in [0.2, 0.25) is 5.91 Å². The van der Waals surface area contributed by atoms with Gasteiger partial charge in [-0.25, -0.2) is 4.79 Å². The highest BCUT2D eigenvalue weighted by Gasteiger charge is 2.21. The number of carboxylic acid groups (broad SMARTS) is 1. The molecule has 0 heterocycles. The zero-order valence-electron chi connectivity index (χ0n) is 14.4. The smallest absolute Gasteiger partial charge is 0.326 e. The molecule has 0 saturated carbocycles. The van der Waals surface area contributed by atoms with Gasteiger partial charge in [-0.2, -0.15) is 0 Å². The zero-order chi connectivity index (χ0) is 18.1. The summed E-state index contributed by atoms with van der Waals surface area (Å²) in [5.74, 6) is -0.817. The molecule has 1 amide bonds. The fourth-order valence-electron chi connectivity index (χ4n) is 2.23. The summed E-state index contributed by atoms with van der Waals surface area (Å²) < 4.78 is 5.31. The minimum atomic E-state index is -1.06. The van der Waals surface area contributed by atoms with Crippen LogP contribution in [-0.4, -0.2) is 35.4 Å². The Labute approximate surface area is 142 Å². The van der Waals surface area contributed by atoms with E-state index in [1.807, 2.05) is 20.8 Å². The zero-order valence-corrected chi connectivity index (χ0v) is 14.4. The first-order valence-corrected chi connectivity index (χ1v) is 8.11. The van der Waals surface area contributed by atoms with Crippen molar-refractivity contribution in [1.82, 2.24) is 5.32 Å². The van der Waals surface area contributed by atoms with Crippen LogP contribution in [-0.2, 0) is 9.59 Å². The van der Waals surface area contributed by atoms with Gasteiger partial charge in [-0.15, -0.1) is 0 Å². The molecule has 1 rings (SSSR count). The molecule has 6 heteroatoms. The van der Waals surface area contributed by atoms with Crippen LogP contribution in [0, 0.1) is 5.92 Å². The number of ketones is 1. The Morgan fingerprint density at radius 2 is 1.75 bits per heavy atom. The maximum atomic E-state index is 12.1. The maximum Gasteiger partial charge on any atom is 0.326 e. The molecule has 1 atom stereocenters. The lowest BCUT2D eigenvalue weighted by molar-refractivity contribution is -0.142. The minimum absolute atomic E-state index is 0.0338. The molecule has 132 valence electrons. The molecule has 0 aliphatic carbocycles. The second-order valence-electron chi connectivity index (χ2n) is 5.97. The van der Waals surface area contributed by atoms with Crippen LogP contribution >= 0.6 is 0 Å². The lowest BCUT2D eigenvalue weighted by Gasteiger charge is -2.16. The molecule has 24 heavy (non-hydrogen) atoms. The van der Waals surface area contributed by atoms with Gasteiger partial charge < -0.3 is 15.2 Å². The van der Waals surface area contributed by atoms with Crippen LogP contribution in [0.5, 0.6) is 5.75 Å². The van der Waals surface area contributed by atoms with E-state index in [-0.39, 0.29) is 24.5 Å². The SMILES string of the molecule is CCOc1ccc(C(=O)CCC(=O)N[C@@H](CC(C)C)C(=O)O)cc1. The summed E-state index contributed by atoms with van der Waals surface area (Å²) in [6.45, 7) is 6.20. The number of rotatable bonds is 10. The summed E-state index contributed by atoms with van der Waals surface area (Å²) in [5.41, 5.74) is 0.503. The van der Waals surface area contributed by atoms with Crippen LogP contribution < -0.4 is 10.1 Å². The third kappa shape index (κ3) is 6.81. The number of hydrogen-bond acceptors (Lipinski definition) is 4. The number of ether oxygens (including phenoxy) is 1. The van der Waals surface area contributed by atoms with Crippen molar-refractivity contribution >= 4 is 17.7 Å². The molecule has 0 aliphatic rings. The van der Waals surface area contributed by atoms with Crippen LogP contribution in [0.2, 0.25) is 0 Å². The largest absolute Gasteiger partial charge is 0.494 e. The van der Waals surface area contributed by atoms with Crippen LogP contribution in [0.3, 0.4) is 0 Å². The van der Waals surface area contributed by atoms with Gasteiger partial charge in [0.1, 0.15) is 11.8 Å². The molecular weight excluding hydrogens is 310 g/mol. The molecule has 1 aromatic rings. The summed E-state index contributed by atoms with van der Waals surface area (Å²) in [4.78, 5) is 35.1. The van der Waals surface area contributed by atoms with E-state index in [0.29, 0.717) is 24.3 Å². The molecule has 0 bridgehead atoms. The Kier molecular flexibility index (Phi) is 7.95. The lowest BCUT2D eigenvalue weighted by atomic mass is 10.0. The van der Waals surface area contributed by atoms with Crippen molar-refractivity contribution in [2.45, 2.75) is 46.1 Å². The number of aliphatic carboxylic acids is 1. The Bertz CT molecular complexity index is 565. The van der Waals surface area contributed by atoms with E-state index in [9.17, 15) is 14.4 Å². The predicted octanol–water partition coefficient (Wildman–Crippen LogP) is 2.66. The highest BCUT2D eigenvalue weighted by atomic mass is 16.5. The van der Waals surface area contributed by atoms with Gasteiger partial charge in [0.25, 0.3) is 0 Å². The van der Waals surface area contributed by atoms with Crippen molar-refractivity contribution in [2.24, 2.45) is 5.92 Å². The lowest BCUT2D eigenvalue weighted by Crippen LogP contribution is -2.41. The van der Waals surface area contributed by atoms with Gasteiger partial charge in [-0.1, -0.05) is 13.8 Å². The molecule has 1 aromatic carbocycles. The minimum Gasteiger partial charge on any atom is -0.494 e. The van der Waals surface area contributed by atoms with Crippen molar-refractivity contribution in [2.75, 3.05) is 6.61 Å². The summed E-state index contributed by atoms with van der Waals surface area (Å²) in [6.07, 6.45) is 0.357. The molecule has 2 N–H and O–H groups in total. The topological polar surface area (TPSA) is 92.7 Å². The van der Waals surface area contributed by atoms with E-state index >= 15 is 0 Å². The maximum absolute atomic E-state index is 12.1. The van der Waals surface area contributed by atoms with Gasteiger partial charge in [0, 0.05) is 18.4 Å². The number of carboxylic acids is 1. The fourth-order valence-corrected chi connectivity index (χ4v) is 2.23. The molecular formula is C18H25NO5. The molecule has 0 radical (unpaired) electrons. The monoisotopic (exact) mass is 335 g/mol. The number of nitrogens with one attached hydrogen (secondary N) is 1. The van der Waals surface area contributed by atoms with Crippen molar-refractivity contribution < 1.29 is 24.2 Å². The number of benzene rings is 1. The van der Waals surface area contributed by atoms with Crippen molar-refractivity contribution in [1.29, 1.82) is 0 Å². The highest BCUT2D eigenvalue weighted by molar-refractivity contribution is 5.98. The first-order valence-electron chi connectivity index (χ1n) is 8.11. The Balaban J connectivity index is 2.50. The molecule has 0 fully saturated rings. The number of carbonyl (C=O) groups is 3. The third-order valence-electron chi connectivity index (χ3n) is 3.41. The summed E-state index contributed by atoms with van der Waals surface area (Å²) in [6, 6.07) is 5.81. The number of Topliss-reactive ketones (excluding diaryl/α,β-unsaturated/α-hetero) is 1. The first-order chi connectivity index (χ1) is 11.3. The van der Waals surface area contributed by atoms with Crippen molar-refractivity contribution in [3.63, 3.8) is 0 Å². The molecule has 0 unspecified atom stereocenters. The summed E-state index contributed by atoms with van der Waals surface area (Å²) in [7, 11) is 0. The Morgan fingerprint density at radius 1 is 1.12 bits per heavy atom. The fraction of sp³-hybridized carbons (Fsp3) is 0.500. The van der Waals surface area contributed by atoms with E-state index in [2.05, 4.69) is 5.32 Å². The van der Waals surface area contributed by atoms with Gasteiger partial charge in [0.05, 0.1) is 6.61 Å². The van der Waals surface area contributed by atoms with Crippen molar-refractivity contribution in [3.05, 3.63) is 29.8 Å². The number of amides is 1. The van der Waals surface area contributed by atoms with Crippen molar-refractivity contribution in [3.8, 4) is 5.75 Å². The summed E-state index contributed by atoms with van der Waals surface area (Å²) >= 11 is 0. The molecule has 0 saturated heterocycles. The van der Waals surface area contributed by atoms with Gasteiger partial charge in [-0.05, 0) is 43.5 Å². The average Bonchev–Trinajstić information content (AvgIpc) is 2.52. The third-order valence-corrected chi connectivity index (χ3v) is 3.41. The molecule has 6 nitrogen and oxygen atoms in total. The predicted molar refractivity (Wildman–Crippen MR) is 90.2 cm³/mol. The molecule has 0 aromatic heterocycles. The van der Waals surface area contributed by atoms with E-state index in [1.54, 1.807) is 24.3 Å². The number of hydrogen-bond donors (Lipinski definition) is 2. The van der Waals surface area contributed by atoms with E-state index in [4.69, 9.17) is 9.84 Å². The Morgan fingerprint density at radius 3 is 2.25 bits per heavy atom. The molecule has 0 spiro atoms. The standard InChI is InChI=1S/C18H25NO5/c1-4-24-14-7-5-13(6-8-14)16(20)9-10-17(21)19-15(18(22)23)11-12(2)3/h5-8,12,15H,4,9-11H2,1-3H3,(H,19,21)(H,22,23)/t15-/m0/s1. The Hall–Kier alpha value is -2.37. The van der Waals surface area contributed by atoms with Crippen LogP contribution in [0.1, 0.15) is 50.4 Å². The van der Waals surface area contributed by atoms with E-state index < -0.39 is 17.9 Å². The first kappa shape index (κ1) is 19.7. The second-order valence-corrected chi connectivity index (χ2v) is 5.97. The van der Waals surface area contributed by atoms with Crippen LogP contribution in [0.25, 0.3) is 0 Å².